The maximum absolute atomic E-state index is 12.4. The van der Waals surface area contributed by atoms with E-state index in [2.05, 4.69) is 4.98 Å². The van der Waals surface area contributed by atoms with Crippen molar-refractivity contribution in [2.24, 2.45) is 0 Å². The summed E-state index contributed by atoms with van der Waals surface area (Å²) in [6.07, 6.45) is -3.03. The molecular weight excluding hydrogens is 254 g/mol. The van der Waals surface area contributed by atoms with E-state index in [1.807, 2.05) is 6.92 Å². The molecule has 0 aromatic carbocycles. The number of hydrogen-bond acceptors (Lipinski definition) is 4. The molecular formula is C9H11BF3NO2S. The Morgan fingerprint density at radius 3 is 2.53 bits per heavy atom. The van der Waals surface area contributed by atoms with Gasteiger partial charge < -0.3 is 10.0 Å². The Morgan fingerprint density at radius 1 is 1.41 bits per heavy atom. The standard InChI is InChI=1S/C9H11BF3NO2S/c1-2-3-17-8-7(10(15)16)4-6(5-14-8)9(11,12)13/h4-5,15-16H,2-3H2,1H3. The summed E-state index contributed by atoms with van der Waals surface area (Å²) < 4.78 is 37.2. The average molecular weight is 265 g/mol. The molecule has 0 atom stereocenters. The van der Waals surface area contributed by atoms with Gasteiger partial charge in [-0.1, -0.05) is 6.92 Å². The molecule has 0 spiro atoms. The van der Waals surface area contributed by atoms with Gasteiger partial charge in [-0.3, -0.25) is 0 Å². The fourth-order valence-corrected chi connectivity index (χ4v) is 1.98. The van der Waals surface area contributed by atoms with Crippen LogP contribution in [0.1, 0.15) is 18.9 Å². The first-order valence-corrected chi connectivity index (χ1v) is 5.91. The van der Waals surface area contributed by atoms with Gasteiger partial charge in [-0.05, 0) is 18.2 Å². The number of pyridine rings is 1. The van der Waals surface area contributed by atoms with Gasteiger partial charge in [-0.25, -0.2) is 4.98 Å². The van der Waals surface area contributed by atoms with Crippen molar-refractivity contribution in [3.05, 3.63) is 17.8 Å². The van der Waals surface area contributed by atoms with E-state index in [1.165, 1.54) is 11.8 Å². The molecule has 94 valence electrons. The molecule has 3 nitrogen and oxygen atoms in total. The number of halogens is 3. The second kappa shape index (κ2) is 5.75. The Balaban J connectivity index is 3.08. The van der Waals surface area contributed by atoms with Crippen LogP contribution in [0.5, 0.6) is 0 Å². The summed E-state index contributed by atoms with van der Waals surface area (Å²) >= 11 is 1.20. The summed E-state index contributed by atoms with van der Waals surface area (Å²) in [6, 6.07) is 0.718. The fourth-order valence-electron chi connectivity index (χ4n) is 1.13. The third kappa shape index (κ3) is 3.90. The highest BCUT2D eigenvalue weighted by Crippen LogP contribution is 2.29. The van der Waals surface area contributed by atoms with Crippen LogP contribution in [0.25, 0.3) is 0 Å². The Morgan fingerprint density at radius 2 is 2.06 bits per heavy atom. The number of rotatable bonds is 4. The molecule has 0 amide bonds. The van der Waals surface area contributed by atoms with Crippen molar-refractivity contribution >= 4 is 24.3 Å². The number of nitrogens with zero attached hydrogens (tertiary/aromatic N) is 1. The van der Waals surface area contributed by atoms with Gasteiger partial charge in [0.1, 0.15) is 0 Å². The summed E-state index contributed by atoms with van der Waals surface area (Å²) in [4.78, 5) is 3.63. The van der Waals surface area contributed by atoms with Gasteiger partial charge in [0, 0.05) is 11.7 Å². The zero-order valence-corrected chi connectivity index (χ0v) is 9.85. The van der Waals surface area contributed by atoms with Crippen molar-refractivity contribution in [3.63, 3.8) is 0 Å². The Kier molecular flexibility index (Phi) is 4.85. The fraction of sp³-hybridized carbons (Fsp3) is 0.444. The molecule has 2 N–H and O–H groups in total. The van der Waals surface area contributed by atoms with E-state index in [0.29, 0.717) is 11.9 Å². The average Bonchev–Trinajstić information content (AvgIpc) is 2.24. The highest BCUT2D eigenvalue weighted by atomic mass is 32.2. The molecule has 0 aliphatic heterocycles. The molecule has 17 heavy (non-hydrogen) atoms. The first-order valence-electron chi connectivity index (χ1n) is 4.92. The number of alkyl halides is 3. The third-order valence-corrected chi connectivity index (χ3v) is 3.15. The van der Waals surface area contributed by atoms with Crippen LogP contribution >= 0.6 is 11.8 Å². The zero-order chi connectivity index (χ0) is 13.1. The Hall–Kier alpha value is -0.725. The number of aromatic nitrogens is 1. The minimum Gasteiger partial charge on any atom is -0.423 e. The first kappa shape index (κ1) is 14.3. The zero-order valence-electron chi connectivity index (χ0n) is 9.03. The van der Waals surface area contributed by atoms with Crippen LogP contribution in [-0.4, -0.2) is 27.9 Å². The molecule has 1 heterocycles. The molecule has 0 aliphatic rings. The molecule has 0 radical (unpaired) electrons. The predicted octanol–water partition coefficient (Wildman–Crippen LogP) is 1.28. The summed E-state index contributed by atoms with van der Waals surface area (Å²) in [6.45, 7) is 1.91. The van der Waals surface area contributed by atoms with Gasteiger partial charge in [0.25, 0.3) is 0 Å². The molecule has 0 saturated carbocycles. The van der Waals surface area contributed by atoms with Crippen molar-refractivity contribution in [1.82, 2.24) is 4.98 Å². The topological polar surface area (TPSA) is 53.4 Å². The van der Waals surface area contributed by atoms with Crippen molar-refractivity contribution in [2.75, 3.05) is 5.75 Å². The summed E-state index contributed by atoms with van der Waals surface area (Å²) in [5.41, 5.74) is -1.19. The Labute approximate surface area is 101 Å². The van der Waals surface area contributed by atoms with Gasteiger partial charge in [0.05, 0.1) is 10.6 Å². The molecule has 1 rings (SSSR count). The van der Waals surface area contributed by atoms with E-state index >= 15 is 0 Å². The molecule has 0 aliphatic carbocycles. The van der Waals surface area contributed by atoms with Crippen LogP contribution in [-0.2, 0) is 6.18 Å². The lowest BCUT2D eigenvalue weighted by Gasteiger charge is -2.11. The van der Waals surface area contributed by atoms with E-state index in [-0.39, 0.29) is 10.5 Å². The second-order valence-corrected chi connectivity index (χ2v) is 4.42. The summed E-state index contributed by atoms with van der Waals surface area (Å²) in [5, 5.41) is 18.3. The van der Waals surface area contributed by atoms with Crippen LogP contribution < -0.4 is 5.46 Å². The van der Waals surface area contributed by atoms with Gasteiger partial charge in [-0.2, -0.15) is 13.2 Å². The van der Waals surface area contributed by atoms with Crippen LogP contribution in [0.15, 0.2) is 17.3 Å². The van der Waals surface area contributed by atoms with Crippen LogP contribution in [0.4, 0.5) is 13.2 Å². The largest absolute Gasteiger partial charge is 0.491 e. The van der Waals surface area contributed by atoms with Crippen molar-refractivity contribution < 1.29 is 23.2 Å². The van der Waals surface area contributed by atoms with Crippen molar-refractivity contribution in [2.45, 2.75) is 24.5 Å². The lowest BCUT2D eigenvalue weighted by molar-refractivity contribution is -0.137. The predicted molar refractivity (Wildman–Crippen MR) is 60.1 cm³/mol. The summed E-state index contributed by atoms with van der Waals surface area (Å²) in [5.74, 6) is 0.651. The van der Waals surface area contributed by atoms with Crippen LogP contribution in [0.2, 0.25) is 0 Å². The van der Waals surface area contributed by atoms with E-state index < -0.39 is 18.9 Å². The van der Waals surface area contributed by atoms with Gasteiger partial charge >= 0.3 is 13.3 Å². The molecule has 0 saturated heterocycles. The SMILES string of the molecule is CCCSc1ncc(C(F)(F)F)cc1B(O)O. The molecule has 1 aromatic rings. The van der Waals surface area contributed by atoms with Gasteiger partial charge in [-0.15, -0.1) is 11.8 Å². The maximum atomic E-state index is 12.4. The minimum absolute atomic E-state index is 0.210. The highest BCUT2D eigenvalue weighted by Gasteiger charge is 2.33. The Bertz CT molecular complexity index is 387. The lowest BCUT2D eigenvalue weighted by atomic mass is 9.81. The monoisotopic (exact) mass is 265 g/mol. The van der Waals surface area contributed by atoms with Gasteiger partial charge in [0.15, 0.2) is 0 Å². The highest BCUT2D eigenvalue weighted by molar-refractivity contribution is 7.99. The molecule has 0 fully saturated rings. The first-order chi connectivity index (χ1) is 7.86. The van der Waals surface area contributed by atoms with Crippen LogP contribution in [0, 0.1) is 0 Å². The quantitative estimate of drug-likeness (QED) is 0.636. The van der Waals surface area contributed by atoms with Gasteiger partial charge in [0.2, 0.25) is 0 Å². The maximum Gasteiger partial charge on any atom is 0.491 e. The van der Waals surface area contributed by atoms with E-state index in [0.717, 1.165) is 12.5 Å². The smallest absolute Gasteiger partial charge is 0.423 e. The van der Waals surface area contributed by atoms with E-state index in [1.54, 1.807) is 0 Å². The molecule has 8 heteroatoms. The third-order valence-electron chi connectivity index (χ3n) is 1.93. The number of hydrogen-bond donors (Lipinski definition) is 2. The number of thioether (sulfide) groups is 1. The van der Waals surface area contributed by atoms with Crippen molar-refractivity contribution in [1.29, 1.82) is 0 Å². The van der Waals surface area contributed by atoms with Crippen molar-refractivity contribution in [3.8, 4) is 0 Å². The molecule has 0 unspecified atom stereocenters. The van der Waals surface area contributed by atoms with E-state index in [9.17, 15) is 13.2 Å². The minimum atomic E-state index is -4.54. The van der Waals surface area contributed by atoms with Crippen LogP contribution in [0.3, 0.4) is 0 Å². The normalized spacial score (nSPS) is 11.6. The second-order valence-electron chi connectivity index (χ2n) is 3.34. The lowest BCUT2D eigenvalue weighted by Crippen LogP contribution is -2.33. The summed E-state index contributed by atoms with van der Waals surface area (Å²) in [7, 11) is -1.95. The molecule has 0 bridgehead atoms. The molecule has 1 aromatic heterocycles. The van der Waals surface area contributed by atoms with E-state index in [4.69, 9.17) is 10.0 Å².